The van der Waals surface area contributed by atoms with Crippen molar-refractivity contribution in [2.75, 3.05) is 0 Å². The van der Waals surface area contributed by atoms with Crippen molar-refractivity contribution in [2.45, 2.75) is 6.54 Å². The largest absolute Gasteiger partial charge is 0.226 e. The molecule has 4 rings (SSSR count). The van der Waals surface area contributed by atoms with Crippen LogP contribution in [0.3, 0.4) is 0 Å². The molecule has 0 aliphatic heterocycles. The molecule has 0 N–H and O–H groups in total. The van der Waals surface area contributed by atoms with Crippen LogP contribution >= 0.6 is 22.9 Å². The van der Waals surface area contributed by atoms with Crippen LogP contribution in [0.4, 0.5) is 0 Å². The summed E-state index contributed by atoms with van der Waals surface area (Å²) in [6, 6.07) is 21.2. The first-order chi connectivity index (χ1) is 10.3. The number of halogens is 1. The van der Waals surface area contributed by atoms with Crippen molar-refractivity contribution < 1.29 is 4.57 Å². The quantitative estimate of drug-likeness (QED) is 0.456. The maximum Gasteiger partial charge on any atom is 0.226 e. The van der Waals surface area contributed by atoms with Gasteiger partial charge in [-0.1, -0.05) is 59.3 Å². The number of rotatable bonds is 2. The molecule has 0 spiro atoms. The molecule has 3 heteroatoms. The number of nitrogens with zero attached hydrogens (tertiary/aromatic N) is 1. The molecule has 3 aromatic carbocycles. The summed E-state index contributed by atoms with van der Waals surface area (Å²) in [5.74, 6) is 0. The molecule has 0 fully saturated rings. The van der Waals surface area contributed by atoms with E-state index in [2.05, 4.69) is 58.6 Å². The third-order valence-corrected chi connectivity index (χ3v) is 4.88. The smallest absolute Gasteiger partial charge is 0.184 e. The molecular weight excluding hydrogens is 298 g/mol. The highest BCUT2D eigenvalue weighted by molar-refractivity contribution is 7.16. The second kappa shape index (κ2) is 5.14. The van der Waals surface area contributed by atoms with Gasteiger partial charge in [0.25, 0.3) is 0 Å². The Kier molecular flexibility index (Phi) is 3.13. The summed E-state index contributed by atoms with van der Waals surface area (Å²) in [4.78, 5) is 0. The molecule has 0 saturated carbocycles. The van der Waals surface area contributed by atoms with Gasteiger partial charge in [-0.15, -0.1) is 0 Å². The minimum atomic E-state index is 0.794. The van der Waals surface area contributed by atoms with E-state index >= 15 is 0 Å². The highest BCUT2D eigenvalue weighted by Crippen LogP contribution is 2.22. The van der Waals surface area contributed by atoms with Gasteiger partial charge in [-0.3, -0.25) is 0 Å². The molecule has 1 aromatic heterocycles. The fraction of sp³-hybridized carbons (Fsp3) is 0.0556. The summed E-state index contributed by atoms with van der Waals surface area (Å²) in [6.45, 7) is 0.881. The molecule has 1 nitrogen and oxygen atoms in total. The molecule has 0 radical (unpaired) electrons. The van der Waals surface area contributed by atoms with E-state index in [4.69, 9.17) is 11.6 Å². The van der Waals surface area contributed by atoms with Gasteiger partial charge in [-0.2, -0.15) is 4.57 Å². The predicted molar refractivity (Wildman–Crippen MR) is 90.1 cm³/mol. The van der Waals surface area contributed by atoms with Crippen molar-refractivity contribution in [3.63, 3.8) is 0 Å². The minimum absolute atomic E-state index is 0.794. The molecule has 1 heterocycles. The highest BCUT2D eigenvalue weighted by atomic mass is 35.5. The van der Waals surface area contributed by atoms with Crippen LogP contribution in [0.1, 0.15) is 5.56 Å². The van der Waals surface area contributed by atoms with Crippen molar-refractivity contribution in [1.29, 1.82) is 0 Å². The van der Waals surface area contributed by atoms with Crippen LogP contribution in [0.25, 0.3) is 21.0 Å². The van der Waals surface area contributed by atoms with E-state index in [1.54, 1.807) is 11.3 Å². The Morgan fingerprint density at radius 1 is 0.905 bits per heavy atom. The molecule has 4 aromatic rings. The Morgan fingerprint density at radius 3 is 2.67 bits per heavy atom. The molecule has 0 aliphatic carbocycles. The van der Waals surface area contributed by atoms with Crippen LogP contribution < -0.4 is 4.57 Å². The fourth-order valence-corrected chi connectivity index (χ4v) is 3.82. The van der Waals surface area contributed by atoms with E-state index in [0.717, 1.165) is 11.6 Å². The zero-order chi connectivity index (χ0) is 14.2. The minimum Gasteiger partial charge on any atom is -0.184 e. The summed E-state index contributed by atoms with van der Waals surface area (Å²) in [5, 5.41) is 3.37. The lowest BCUT2D eigenvalue weighted by molar-refractivity contribution is -0.658. The monoisotopic (exact) mass is 310 g/mol. The zero-order valence-corrected chi connectivity index (χ0v) is 12.9. The normalized spacial score (nSPS) is 11.3. The summed E-state index contributed by atoms with van der Waals surface area (Å²) >= 11 is 7.78. The van der Waals surface area contributed by atoms with Gasteiger partial charge in [-0.05, 0) is 29.0 Å². The molecule has 0 unspecified atom stereocenters. The van der Waals surface area contributed by atoms with Crippen LogP contribution in [0.2, 0.25) is 5.02 Å². The third-order valence-electron chi connectivity index (χ3n) is 3.70. The Bertz CT molecular complexity index is 942. The Morgan fingerprint density at radius 2 is 1.76 bits per heavy atom. The Hall–Kier alpha value is -1.90. The van der Waals surface area contributed by atoms with E-state index in [1.807, 2.05) is 12.1 Å². The SMILES string of the molecule is Clc1ccc2c(c1)sc[n+]2Cc1ccc2ccccc2c1. The molecule has 0 atom stereocenters. The Balaban J connectivity index is 1.75. The van der Waals surface area contributed by atoms with E-state index in [9.17, 15) is 0 Å². The van der Waals surface area contributed by atoms with Crippen molar-refractivity contribution in [2.24, 2.45) is 0 Å². The first-order valence-electron chi connectivity index (χ1n) is 6.83. The average molecular weight is 311 g/mol. The van der Waals surface area contributed by atoms with Gasteiger partial charge < -0.3 is 0 Å². The third kappa shape index (κ3) is 2.41. The lowest BCUT2D eigenvalue weighted by atomic mass is 10.1. The number of aromatic nitrogens is 1. The van der Waals surface area contributed by atoms with Gasteiger partial charge in [0.2, 0.25) is 11.0 Å². The lowest BCUT2D eigenvalue weighted by Gasteiger charge is -2.00. The van der Waals surface area contributed by atoms with E-state index < -0.39 is 0 Å². The van der Waals surface area contributed by atoms with E-state index in [-0.39, 0.29) is 0 Å². The van der Waals surface area contributed by atoms with Crippen LogP contribution in [0, 0.1) is 0 Å². The van der Waals surface area contributed by atoms with Gasteiger partial charge in [-0.25, -0.2) is 0 Å². The lowest BCUT2D eigenvalue weighted by Crippen LogP contribution is -2.31. The van der Waals surface area contributed by atoms with Gasteiger partial charge >= 0.3 is 0 Å². The predicted octanol–water partition coefficient (Wildman–Crippen LogP) is 5.04. The van der Waals surface area contributed by atoms with E-state index in [0.29, 0.717) is 0 Å². The van der Waals surface area contributed by atoms with Crippen LogP contribution in [-0.4, -0.2) is 0 Å². The maximum atomic E-state index is 6.05. The molecule has 0 saturated heterocycles. The first kappa shape index (κ1) is 12.8. The van der Waals surface area contributed by atoms with Gasteiger partial charge in [0.1, 0.15) is 4.70 Å². The van der Waals surface area contributed by atoms with Crippen LogP contribution in [0.15, 0.2) is 66.2 Å². The summed E-state index contributed by atoms with van der Waals surface area (Å²) in [7, 11) is 0. The number of thiazole rings is 1. The first-order valence-corrected chi connectivity index (χ1v) is 8.09. The summed E-state index contributed by atoms with van der Waals surface area (Å²) in [5.41, 5.74) is 4.71. The average Bonchev–Trinajstić information content (AvgIpc) is 2.89. The summed E-state index contributed by atoms with van der Waals surface area (Å²) < 4.78 is 3.50. The number of benzene rings is 3. The molecular formula is C18H13ClNS+. The van der Waals surface area contributed by atoms with Crippen LogP contribution in [-0.2, 0) is 6.54 Å². The molecule has 21 heavy (non-hydrogen) atoms. The van der Waals surface area contributed by atoms with Crippen molar-refractivity contribution in [1.82, 2.24) is 0 Å². The summed E-state index contributed by atoms with van der Waals surface area (Å²) in [6.07, 6.45) is 0. The van der Waals surface area contributed by atoms with Crippen molar-refractivity contribution >= 4 is 43.9 Å². The molecule has 0 amide bonds. The van der Waals surface area contributed by atoms with Gasteiger partial charge in [0, 0.05) is 16.7 Å². The second-order valence-corrected chi connectivity index (χ2v) is 6.47. The number of hydrogen-bond donors (Lipinski definition) is 0. The molecule has 0 aliphatic rings. The zero-order valence-electron chi connectivity index (χ0n) is 11.3. The Labute approximate surface area is 132 Å². The van der Waals surface area contributed by atoms with Crippen molar-refractivity contribution in [3.05, 3.63) is 76.8 Å². The van der Waals surface area contributed by atoms with Crippen molar-refractivity contribution in [3.8, 4) is 0 Å². The van der Waals surface area contributed by atoms with Crippen LogP contribution in [0.5, 0.6) is 0 Å². The van der Waals surface area contributed by atoms with Gasteiger partial charge in [0.15, 0.2) is 6.54 Å². The fourth-order valence-electron chi connectivity index (χ4n) is 2.65. The maximum absolute atomic E-state index is 6.05. The van der Waals surface area contributed by atoms with E-state index in [1.165, 1.54) is 26.6 Å². The topological polar surface area (TPSA) is 3.88 Å². The second-order valence-electron chi connectivity index (χ2n) is 5.14. The highest BCUT2D eigenvalue weighted by Gasteiger charge is 2.12. The molecule has 102 valence electrons. The number of hydrogen-bond acceptors (Lipinski definition) is 1. The number of fused-ring (bicyclic) bond motifs is 2. The molecule has 0 bridgehead atoms. The van der Waals surface area contributed by atoms with Gasteiger partial charge in [0.05, 0.1) is 0 Å². The standard InChI is InChI=1S/C18H13ClNS/c19-16-7-8-17-18(10-16)21-12-20(17)11-13-5-6-14-3-1-2-4-15(14)9-13/h1-10,12H,11H2/q+1.